The molecule has 0 unspecified atom stereocenters. The molecule has 3 N–H and O–H groups in total. The zero-order chi connectivity index (χ0) is 12.8. The number of nitrogens with one attached hydrogen (secondary N) is 3. The van der Waals surface area contributed by atoms with Gasteiger partial charge in [-0.05, 0) is 31.0 Å². The first-order valence-corrected chi connectivity index (χ1v) is 6.62. The average molecular weight is 243 g/mol. The van der Waals surface area contributed by atoms with Crippen LogP contribution in [0.4, 0.5) is 0 Å². The van der Waals surface area contributed by atoms with Crippen LogP contribution in [-0.4, -0.2) is 25.3 Å². The van der Waals surface area contributed by atoms with E-state index in [1.54, 1.807) is 0 Å². The molecule has 3 aliphatic rings. The van der Waals surface area contributed by atoms with E-state index in [9.17, 15) is 0 Å². The first kappa shape index (κ1) is 11.8. The van der Waals surface area contributed by atoms with E-state index >= 15 is 0 Å². The highest BCUT2D eigenvalue weighted by molar-refractivity contribution is 5.55. The van der Waals surface area contributed by atoms with Crippen molar-refractivity contribution >= 4 is 0 Å². The van der Waals surface area contributed by atoms with Gasteiger partial charge in [-0.1, -0.05) is 31.4 Å². The lowest BCUT2D eigenvalue weighted by molar-refractivity contribution is 0.191. The topological polar surface area (TPSA) is 36.1 Å². The maximum absolute atomic E-state index is 4.34. The molecule has 3 aliphatic heterocycles. The Balaban J connectivity index is 2.23. The summed E-state index contributed by atoms with van der Waals surface area (Å²) in [7, 11) is 0. The zero-order valence-electron chi connectivity index (χ0n) is 11.0. The van der Waals surface area contributed by atoms with Gasteiger partial charge in [-0.2, -0.15) is 0 Å². The molecule has 3 heteroatoms. The summed E-state index contributed by atoms with van der Waals surface area (Å²) in [6, 6.07) is 0. The van der Waals surface area contributed by atoms with Crippen molar-refractivity contribution in [1.82, 2.24) is 16.0 Å². The summed E-state index contributed by atoms with van der Waals surface area (Å²) in [4.78, 5) is 0. The Morgan fingerprint density at radius 3 is 2.94 bits per heavy atom. The van der Waals surface area contributed by atoms with Crippen LogP contribution in [0.2, 0.25) is 0 Å². The van der Waals surface area contributed by atoms with Gasteiger partial charge in [0.25, 0.3) is 0 Å². The average Bonchev–Trinajstić information content (AvgIpc) is 2.85. The highest BCUT2D eigenvalue weighted by Crippen LogP contribution is 2.57. The zero-order valence-corrected chi connectivity index (χ0v) is 11.0. The second kappa shape index (κ2) is 3.84. The number of hydrogen-bond acceptors (Lipinski definition) is 3. The van der Waals surface area contributed by atoms with Crippen molar-refractivity contribution in [1.29, 1.82) is 0 Å². The summed E-state index contributed by atoms with van der Waals surface area (Å²) in [6.07, 6.45) is 7.29. The number of rotatable bonds is 1. The first-order valence-electron chi connectivity index (χ1n) is 6.62. The van der Waals surface area contributed by atoms with Crippen LogP contribution in [0.5, 0.6) is 0 Å². The van der Waals surface area contributed by atoms with Crippen LogP contribution >= 0.6 is 0 Å². The number of allylic oxidation sites excluding steroid dienone is 4. The summed E-state index contributed by atoms with van der Waals surface area (Å²) in [5.74, 6) is 0. The lowest BCUT2D eigenvalue weighted by atomic mass is 9.65. The van der Waals surface area contributed by atoms with Crippen LogP contribution < -0.4 is 16.0 Å². The minimum Gasteiger partial charge on any atom is -0.365 e. The van der Waals surface area contributed by atoms with Crippen molar-refractivity contribution in [3.05, 3.63) is 48.2 Å². The van der Waals surface area contributed by atoms with Crippen molar-refractivity contribution in [3.63, 3.8) is 0 Å². The predicted octanol–water partition coefficient (Wildman–Crippen LogP) is 1.44. The van der Waals surface area contributed by atoms with Crippen LogP contribution in [0.3, 0.4) is 0 Å². The van der Waals surface area contributed by atoms with E-state index in [4.69, 9.17) is 0 Å². The fourth-order valence-electron chi connectivity index (χ4n) is 3.93. The molecule has 0 aromatic rings. The molecule has 2 atom stereocenters. The van der Waals surface area contributed by atoms with Gasteiger partial charge >= 0.3 is 0 Å². The molecule has 0 spiro atoms. The smallest absolute Gasteiger partial charge is 0.115 e. The molecule has 0 aromatic carbocycles. The van der Waals surface area contributed by atoms with E-state index in [-0.39, 0.29) is 11.1 Å². The molecule has 3 saturated heterocycles. The molecule has 3 fully saturated rings. The summed E-state index contributed by atoms with van der Waals surface area (Å²) < 4.78 is 0. The highest BCUT2D eigenvalue weighted by Gasteiger charge is 2.64. The molecule has 0 aliphatic carbocycles. The second-order valence-corrected chi connectivity index (χ2v) is 5.34. The quantitative estimate of drug-likeness (QED) is 0.610. The van der Waals surface area contributed by atoms with Gasteiger partial charge in [-0.15, -0.1) is 0 Å². The van der Waals surface area contributed by atoms with Crippen LogP contribution in [0, 0.1) is 5.41 Å². The lowest BCUT2D eigenvalue weighted by Gasteiger charge is -2.45. The predicted molar refractivity (Wildman–Crippen MR) is 75.0 cm³/mol. The Labute approximate surface area is 109 Å². The van der Waals surface area contributed by atoms with Crippen LogP contribution in [0.1, 0.15) is 13.3 Å². The van der Waals surface area contributed by atoms with Crippen molar-refractivity contribution in [3.8, 4) is 0 Å². The lowest BCUT2D eigenvalue weighted by Crippen LogP contribution is -2.66. The minimum atomic E-state index is -0.0982. The molecule has 0 aromatic heterocycles. The molecular weight excluding hydrogens is 222 g/mol. The Morgan fingerprint density at radius 1 is 1.39 bits per heavy atom. The van der Waals surface area contributed by atoms with Gasteiger partial charge in [0, 0.05) is 18.8 Å². The van der Waals surface area contributed by atoms with Gasteiger partial charge in [-0.25, -0.2) is 0 Å². The molecule has 3 rings (SSSR count). The second-order valence-electron chi connectivity index (χ2n) is 5.34. The van der Waals surface area contributed by atoms with E-state index in [0.717, 1.165) is 26.1 Å². The fraction of sp³-hybridized carbons (Fsp3) is 0.467. The third-order valence-corrected chi connectivity index (χ3v) is 4.66. The van der Waals surface area contributed by atoms with E-state index in [1.165, 1.54) is 16.8 Å². The van der Waals surface area contributed by atoms with E-state index < -0.39 is 0 Å². The maximum atomic E-state index is 4.34. The number of piperidine rings is 1. The minimum absolute atomic E-state index is 0.0221. The monoisotopic (exact) mass is 243 g/mol. The summed E-state index contributed by atoms with van der Waals surface area (Å²) in [6.45, 7) is 13.1. The normalized spacial score (nSPS) is 42.8. The third-order valence-electron chi connectivity index (χ3n) is 4.66. The van der Waals surface area contributed by atoms with Crippen LogP contribution in [0.25, 0.3) is 0 Å². The summed E-state index contributed by atoms with van der Waals surface area (Å²) in [5.41, 5.74) is 3.76. The molecule has 0 amide bonds. The Hall–Kier alpha value is -1.32. The molecule has 0 bridgehead atoms. The molecule has 96 valence electrons. The van der Waals surface area contributed by atoms with Gasteiger partial charge in [0.05, 0.1) is 5.41 Å². The third kappa shape index (κ3) is 1.16. The van der Waals surface area contributed by atoms with Gasteiger partial charge in [-0.3, -0.25) is 5.32 Å². The van der Waals surface area contributed by atoms with Gasteiger partial charge in [0.1, 0.15) is 5.66 Å². The van der Waals surface area contributed by atoms with E-state index in [2.05, 4.69) is 48.2 Å². The van der Waals surface area contributed by atoms with E-state index in [0.29, 0.717) is 0 Å². The molecular formula is C15H21N3. The van der Waals surface area contributed by atoms with Crippen molar-refractivity contribution < 1.29 is 0 Å². The molecule has 0 radical (unpaired) electrons. The van der Waals surface area contributed by atoms with Crippen molar-refractivity contribution in [2.24, 2.45) is 5.41 Å². The Morgan fingerprint density at radius 2 is 2.22 bits per heavy atom. The molecule has 3 heterocycles. The standard InChI is InChI=1S/C15H21N3/c1-4-6-12-13(5-2)18-15-10-16-9-11(3)14(12,15)7-8-17-15/h4-6,16-18H,1,3,7-10H2,2H3/b12-6+,13-5+/t14-,15-/m0/s1. The molecule has 0 saturated carbocycles. The molecule has 18 heavy (non-hydrogen) atoms. The van der Waals surface area contributed by atoms with Crippen molar-refractivity contribution in [2.75, 3.05) is 19.6 Å². The van der Waals surface area contributed by atoms with Gasteiger partial charge in [0.2, 0.25) is 0 Å². The number of hydrogen-bond donors (Lipinski definition) is 3. The fourth-order valence-corrected chi connectivity index (χ4v) is 3.93. The highest BCUT2D eigenvalue weighted by atomic mass is 15.3. The first-order chi connectivity index (χ1) is 8.70. The van der Waals surface area contributed by atoms with Gasteiger partial charge in [0.15, 0.2) is 0 Å². The van der Waals surface area contributed by atoms with Crippen LogP contribution in [-0.2, 0) is 0 Å². The summed E-state index contributed by atoms with van der Waals surface area (Å²) >= 11 is 0. The van der Waals surface area contributed by atoms with Gasteiger partial charge < -0.3 is 10.6 Å². The molecule has 3 nitrogen and oxygen atoms in total. The Kier molecular flexibility index (Phi) is 2.50. The maximum Gasteiger partial charge on any atom is 0.115 e. The summed E-state index contributed by atoms with van der Waals surface area (Å²) in [5, 5.41) is 10.8. The van der Waals surface area contributed by atoms with Crippen LogP contribution in [0.15, 0.2) is 48.2 Å². The van der Waals surface area contributed by atoms with Crippen molar-refractivity contribution in [2.45, 2.75) is 19.0 Å². The van der Waals surface area contributed by atoms with E-state index in [1.807, 2.05) is 6.08 Å². The largest absolute Gasteiger partial charge is 0.365 e. The Bertz CT molecular complexity index is 474. The SMILES string of the molecule is C=C/C=C1\C(=C/C)N[C@@]23CNCC(=C)[C@@]12CCN3.